The number of nitriles is 1. The number of allylic oxidation sites excluding steroid dienone is 1. The molecular weight excluding hydrogens is 382 g/mol. The standard InChI is InChI=1S/C22H21N5O3/c1-29-20-14-16(7-8-19(20)28)13-17(15-23)21-24-25-22(26-9-11-30-12-10-26)27(21)18-5-3-2-4-6-18/h2-8,13-14,28H,9-12H2,1H3/b17-13+. The van der Waals surface area contributed by atoms with Crippen molar-refractivity contribution in [3.63, 3.8) is 0 Å². The van der Waals surface area contributed by atoms with E-state index < -0.39 is 0 Å². The number of nitrogens with zero attached hydrogens (tertiary/aromatic N) is 5. The number of benzene rings is 2. The quantitative estimate of drug-likeness (QED) is 0.654. The van der Waals surface area contributed by atoms with Gasteiger partial charge in [-0.3, -0.25) is 4.57 Å². The third-order valence-electron chi connectivity index (χ3n) is 4.83. The SMILES string of the molecule is COc1cc(/C=C(\C#N)c2nnc(N3CCOCC3)n2-c2ccccc2)ccc1O. The van der Waals surface area contributed by atoms with Gasteiger partial charge in [0.2, 0.25) is 5.95 Å². The van der Waals surface area contributed by atoms with Gasteiger partial charge in [0.25, 0.3) is 0 Å². The molecule has 3 aromatic rings. The molecule has 0 aliphatic carbocycles. The normalized spacial score (nSPS) is 14.4. The molecule has 152 valence electrons. The molecule has 1 aliphatic heterocycles. The lowest BCUT2D eigenvalue weighted by molar-refractivity contribution is 0.122. The smallest absolute Gasteiger partial charge is 0.232 e. The van der Waals surface area contributed by atoms with Gasteiger partial charge in [-0.15, -0.1) is 10.2 Å². The highest BCUT2D eigenvalue weighted by Gasteiger charge is 2.23. The highest BCUT2D eigenvalue weighted by molar-refractivity contribution is 5.88. The average molecular weight is 403 g/mol. The second kappa shape index (κ2) is 8.68. The molecule has 1 saturated heterocycles. The molecule has 2 heterocycles. The van der Waals surface area contributed by atoms with Crippen LogP contribution < -0.4 is 9.64 Å². The monoisotopic (exact) mass is 403 g/mol. The summed E-state index contributed by atoms with van der Waals surface area (Å²) in [6.45, 7) is 2.63. The summed E-state index contributed by atoms with van der Waals surface area (Å²) in [5, 5.41) is 28.5. The van der Waals surface area contributed by atoms with Crippen molar-refractivity contribution in [2.75, 3.05) is 38.3 Å². The number of rotatable bonds is 5. The van der Waals surface area contributed by atoms with E-state index in [4.69, 9.17) is 9.47 Å². The van der Waals surface area contributed by atoms with Gasteiger partial charge in [-0.1, -0.05) is 24.3 Å². The molecule has 0 amide bonds. The van der Waals surface area contributed by atoms with Crippen LogP contribution in [0.1, 0.15) is 11.4 Å². The minimum atomic E-state index is 0.0372. The number of phenols is 1. The number of aromatic nitrogens is 3. The number of para-hydroxylation sites is 1. The van der Waals surface area contributed by atoms with E-state index >= 15 is 0 Å². The van der Waals surface area contributed by atoms with Gasteiger partial charge in [-0.25, -0.2) is 0 Å². The zero-order valence-electron chi connectivity index (χ0n) is 16.5. The van der Waals surface area contributed by atoms with E-state index in [1.807, 2.05) is 34.9 Å². The maximum Gasteiger partial charge on any atom is 0.232 e. The van der Waals surface area contributed by atoms with E-state index in [0.29, 0.717) is 55.0 Å². The fourth-order valence-corrected chi connectivity index (χ4v) is 3.33. The molecule has 1 N–H and O–H groups in total. The first-order valence-electron chi connectivity index (χ1n) is 9.54. The molecule has 8 nitrogen and oxygen atoms in total. The Morgan fingerprint density at radius 2 is 1.93 bits per heavy atom. The predicted molar refractivity (Wildman–Crippen MR) is 113 cm³/mol. The van der Waals surface area contributed by atoms with Gasteiger partial charge in [0.1, 0.15) is 6.07 Å². The molecule has 0 unspecified atom stereocenters. The van der Waals surface area contributed by atoms with E-state index in [-0.39, 0.29) is 5.75 Å². The summed E-state index contributed by atoms with van der Waals surface area (Å²) in [5.74, 6) is 1.48. The van der Waals surface area contributed by atoms with Crippen LogP contribution >= 0.6 is 0 Å². The molecular formula is C22H21N5O3. The largest absolute Gasteiger partial charge is 0.504 e. The number of ether oxygens (including phenoxy) is 2. The minimum absolute atomic E-state index is 0.0372. The van der Waals surface area contributed by atoms with Crippen LogP contribution in [0.2, 0.25) is 0 Å². The molecule has 0 atom stereocenters. The van der Waals surface area contributed by atoms with Gasteiger partial charge < -0.3 is 19.5 Å². The highest BCUT2D eigenvalue weighted by atomic mass is 16.5. The van der Waals surface area contributed by atoms with Crippen LogP contribution in [0.15, 0.2) is 48.5 Å². The number of anilines is 1. The molecule has 0 radical (unpaired) electrons. The topological polar surface area (TPSA) is 96.4 Å². The molecule has 0 bridgehead atoms. The lowest BCUT2D eigenvalue weighted by Gasteiger charge is -2.28. The van der Waals surface area contributed by atoms with Crippen molar-refractivity contribution in [3.05, 3.63) is 59.9 Å². The number of phenolic OH excluding ortho intramolecular Hbond substituents is 1. The minimum Gasteiger partial charge on any atom is -0.504 e. The Kier molecular flexibility index (Phi) is 5.63. The van der Waals surface area contributed by atoms with Crippen LogP contribution in [0, 0.1) is 11.3 Å². The molecule has 30 heavy (non-hydrogen) atoms. The van der Waals surface area contributed by atoms with E-state index in [1.165, 1.54) is 13.2 Å². The Morgan fingerprint density at radius 1 is 1.17 bits per heavy atom. The number of aromatic hydroxyl groups is 1. The van der Waals surface area contributed by atoms with Gasteiger partial charge in [-0.2, -0.15) is 5.26 Å². The van der Waals surface area contributed by atoms with Gasteiger partial charge in [-0.05, 0) is 35.9 Å². The van der Waals surface area contributed by atoms with E-state index in [1.54, 1.807) is 18.2 Å². The predicted octanol–water partition coefficient (Wildman–Crippen LogP) is 2.88. The third-order valence-corrected chi connectivity index (χ3v) is 4.83. The number of hydrogen-bond donors (Lipinski definition) is 1. The van der Waals surface area contributed by atoms with Crippen LogP contribution in [0.4, 0.5) is 5.95 Å². The lowest BCUT2D eigenvalue weighted by Crippen LogP contribution is -2.38. The highest BCUT2D eigenvalue weighted by Crippen LogP contribution is 2.30. The summed E-state index contributed by atoms with van der Waals surface area (Å²) in [6, 6.07) is 16.9. The number of morpholine rings is 1. The molecule has 1 aromatic heterocycles. The lowest BCUT2D eigenvalue weighted by atomic mass is 10.1. The molecule has 1 fully saturated rings. The van der Waals surface area contributed by atoms with Crippen molar-refractivity contribution in [3.8, 4) is 23.3 Å². The molecule has 2 aromatic carbocycles. The van der Waals surface area contributed by atoms with Crippen LogP contribution in [-0.2, 0) is 4.74 Å². The van der Waals surface area contributed by atoms with Crippen LogP contribution in [-0.4, -0.2) is 53.3 Å². The Hall–Kier alpha value is -3.83. The van der Waals surface area contributed by atoms with Crippen LogP contribution in [0.25, 0.3) is 17.3 Å². The van der Waals surface area contributed by atoms with Crippen LogP contribution in [0.5, 0.6) is 11.5 Å². The van der Waals surface area contributed by atoms with E-state index in [2.05, 4.69) is 21.2 Å². The first-order valence-corrected chi connectivity index (χ1v) is 9.54. The summed E-state index contributed by atoms with van der Waals surface area (Å²) >= 11 is 0. The Labute approximate surface area is 174 Å². The van der Waals surface area contributed by atoms with Gasteiger partial charge >= 0.3 is 0 Å². The fourth-order valence-electron chi connectivity index (χ4n) is 3.33. The van der Waals surface area contributed by atoms with Crippen LogP contribution in [0.3, 0.4) is 0 Å². The Balaban J connectivity index is 1.83. The molecule has 4 rings (SSSR count). The maximum absolute atomic E-state index is 9.90. The second-order valence-corrected chi connectivity index (χ2v) is 6.70. The summed E-state index contributed by atoms with van der Waals surface area (Å²) in [5.41, 5.74) is 1.92. The van der Waals surface area contributed by atoms with Crippen molar-refractivity contribution >= 4 is 17.6 Å². The van der Waals surface area contributed by atoms with Crippen molar-refractivity contribution in [2.24, 2.45) is 0 Å². The third kappa shape index (κ3) is 3.83. The first kappa shape index (κ1) is 19.5. The zero-order valence-corrected chi connectivity index (χ0v) is 16.5. The number of methoxy groups -OCH3 is 1. The summed E-state index contributed by atoms with van der Waals surface area (Å²) in [4.78, 5) is 2.10. The second-order valence-electron chi connectivity index (χ2n) is 6.70. The van der Waals surface area contributed by atoms with E-state index in [0.717, 1.165) is 5.69 Å². The van der Waals surface area contributed by atoms with E-state index in [9.17, 15) is 10.4 Å². The Bertz CT molecular complexity index is 1100. The molecule has 0 spiro atoms. The zero-order chi connectivity index (χ0) is 20.9. The summed E-state index contributed by atoms with van der Waals surface area (Å²) in [7, 11) is 1.48. The first-order chi connectivity index (χ1) is 14.7. The average Bonchev–Trinajstić information content (AvgIpc) is 3.24. The van der Waals surface area contributed by atoms with Crippen molar-refractivity contribution < 1.29 is 14.6 Å². The van der Waals surface area contributed by atoms with Gasteiger partial charge in [0.05, 0.1) is 31.6 Å². The fraction of sp³-hybridized carbons (Fsp3) is 0.227. The van der Waals surface area contributed by atoms with Crippen molar-refractivity contribution in [1.29, 1.82) is 5.26 Å². The van der Waals surface area contributed by atoms with Crippen molar-refractivity contribution in [1.82, 2.24) is 14.8 Å². The number of hydrogen-bond acceptors (Lipinski definition) is 7. The molecule has 1 aliphatic rings. The summed E-state index contributed by atoms with van der Waals surface area (Å²) < 4.78 is 12.5. The molecule has 0 saturated carbocycles. The Morgan fingerprint density at radius 3 is 2.63 bits per heavy atom. The van der Waals surface area contributed by atoms with Gasteiger partial charge in [0.15, 0.2) is 17.3 Å². The van der Waals surface area contributed by atoms with Crippen molar-refractivity contribution in [2.45, 2.75) is 0 Å². The summed E-state index contributed by atoms with van der Waals surface area (Å²) in [6.07, 6.45) is 1.70. The maximum atomic E-state index is 9.90. The van der Waals surface area contributed by atoms with Gasteiger partial charge in [0, 0.05) is 13.1 Å². The molecule has 8 heteroatoms.